The van der Waals surface area contributed by atoms with E-state index in [0.717, 1.165) is 0 Å². The molecule has 0 N–H and O–H groups in total. The molecule has 0 spiro atoms. The van der Waals surface area contributed by atoms with Crippen LogP contribution in [-0.2, 0) is 32.5 Å². The zero-order chi connectivity index (χ0) is 10.1. The molecule has 1 aromatic rings. The molecule has 2 nitrogen and oxygen atoms in total. The van der Waals surface area contributed by atoms with Crippen LogP contribution in [0, 0.1) is 0 Å². The number of carbonyl (C=O) groups is 1. The Morgan fingerprint density at radius 2 is 1.85 bits per heavy atom. The van der Waals surface area contributed by atoms with Gasteiger partial charge in [0.25, 0.3) is 0 Å². The van der Waals surface area contributed by atoms with E-state index in [-0.39, 0.29) is 5.97 Å². The topological polar surface area (TPSA) is 26.3 Å². The Bertz CT molecular complexity index is 246. The second-order valence-electron chi connectivity index (χ2n) is 2.27. The normalized spacial score (nSPS) is 7.46. The van der Waals surface area contributed by atoms with E-state index in [2.05, 4.69) is 13.2 Å². The molecule has 0 saturated carbocycles. The minimum atomic E-state index is -1.52. The van der Waals surface area contributed by atoms with Crippen molar-refractivity contribution >= 4 is 9.04 Å². The van der Waals surface area contributed by atoms with E-state index in [0.29, 0.717) is 0 Å². The van der Waals surface area contributed by atoms with Gasteiger partial charge >= 0.3 is 78.8 Å². The quantitative estimate of drug-likeness (QED) is 0.589. The van der Waals surface area contributed by atoms with Crippen LogP contribution >= 0.6 is 0 Å². The number of benzene rings is 1. The Morgan fingerprint density at radius 3 is 2.31 bits per heavy atom. The molecule has 0 atom stereocenters. The third-order valence-corrected chi connectivity index (χ3v) is 6.55. The molecule has 0 bridgehead atoms. The van der Waals surface area contributed by atoms with Gasteiger partial charge in [-0.3, -0.25) is 0 Å². The third-order valence-electron chi connectivity index (χ3n) is 1.28. The maximum atomic E-state index is 10.5. The van der Waals surface area contributed by atoms with Crippen LogP contribution in [0.2, 0.25) is 0 Å². The van der Waals surface area contributed by atoms with Crippen LogP contribution in [0.3, 0.4) is 0 Å². The molecule has 1 rings (SSSR count). The molecule has 0 aliphatic rings. The van der Waals surface area contributed by atoms with Crippen molar-refractivity contribution < 1.29 is 32.5 Å². The van der Waals surface area contributed by atoms with Crippen LogP contribution in [0.15, 0.2) is 43.5 Å². The van der Waals surface area contributed by atoms with Crippen LogP contribution < -0.4 is 3.07 Å². The summed E-state index contributed by atoms with van der Waals surface area (Å²) in [5.74, 6) is -0.143. The fourth-order valence-electron chi connectivity index (χ4n) is 0.759. The average Bonchev–Trinajstić information content (AvgIpc) is 2.19. The molecule has 0 saturated heterocycles. The molecular formula is C10H12HgO2. The number of hydrogen-bond donors (Lipinski definition) is 0. The van der Waals surface area contributed by atoms with Gasteiger partial charge in [0.15, 0.2) is 0 Å². The first kappa shape index (κ1) is 12.4. The molecule has 3 heteroatoms. The van der Waals surface area contributed by atoms with E-state index in [1.807, 2.05) is 30.3 Å². The zero-order valence-electron chi connectivity index (χ0n) is 7.82. The SMILES string of the molecule is C=C.CC(=O)[O][Hg][c]1ccccc1. The van der Waals surface area contributed by atoms with Crippen molar-refractivity contribution in [1.29, 1.82) is 0 Å². The molecule has 0 aliphatic carbocycles. The van der Waals surface area contributed by atoms with Crippen molar-refractivity contribution in [2.45, 2.75) is 6.92 Å². The van der Waals surface area contributed by atoms with Gasteiger partial charge in [-0.05, 0) is 0 Å². The van der Waals surface area contributed by atoms with Gasteiger partial charge in [0, 0.05) is 0 Å². The summed E-state index contributed by atoms with van der Waals surface area (Å²) in [5.41, 5.74) is 0. The fraction of sp³-hybridized carbons (Fsp3) is 0.100. The van der Waals surface area contributed by atoms with E-state index in [9.17, 15) is 4.79 Å². The molecule has 0 aliphatic heterocycles. The monoisotopic (exact) mass is 366 g/mol. The molecular weight excluding hydrogens is 353 g/mol. The van der Waals surface area contributed by atoms with Crippen molar-refractivity contribution in [3.05, 3.63) is 43.5 Å². The average molecular weight is 365 g/mol. The molecule has 0 fully saturated rings. The molecule has 66 valence electrons. The molecule has 0 radical (unpaired) electrons. The van der Waals surface area contributed by atoms with Gasteiger partial charge in [-0.2, -0.15) is 0 Å². The fourth-order valence-corrected chi connectivity index (χ4v) is 4.00. The second-order valence-corrected chi connectivity index (χ2v) is 7.68. The maximum absolute atomic E-state index is 10.5. The first-order valence-corrected chi connectivity index (χ1v) is 8.95. The van der Waals surface area contributed by atoms with Crippen molar-refractivity contribution in [3.8, 4) is 0 Å². The molecule has 13 heavy (non-hydrogen) atoms. The summed E-state index contributed by atoms with van der Waals surface area (Å²) in [6.45, 7) is 7.46. The van der Waals surface area contributed by atoms with Crippen LogP contribution in [0.25, 0.3) is 0 Å². The Labute approximate surface area is 91.7 Å². The molecule has 0 unspecified atom stereocenters. The summed E-state index contributed by atoms with van der Waals surface area (Å²) in [4.78, 5) is 10.5. The standard InChI is InChI=1S/C6H5.C2H4O2.C2H4.Hg/c1-2-4-6-5-3-1;1-2(3)4;1-2;/h1-5H;1H3,(H,3,4);1-2H2;/q;;;+1/p-1. The Balaban J connectivity index is 0.000000671. The second kappa shape index (κ2) is 7.99. The Morgan fingerprint density at radius 1 is 1.31 bits per heavy atom. The van der Waals surface area contributed by atoms with Gasteiger partial charge in [-0.25, -0.2) is 0 Å². The van der Waals surface area contributed by atoms with Crippen molar-refractivity contribution in [2.24, 2.45) is 0 Å². The van der Waals surface area contributed by atoms with Crippen molar-refractivity contribution in [1.82, 2.24) is 0 Å². The minimum absolute atomic E-state index is 0.143. The molecule has 1 aromatic carbocycles. The predicted molar refractivity (Wildman–Crippen MR) is 49.1 cm³/mol. The zero-order valence-corrected chi connectivity index (χ0v) is 13.3. The van der Waals surface area contributed by atoms with Gasteiger partial charge < -0.3 is 0 Å². The summed E-state index contributed by atoms with van der Waals surface area (Å²) in [7, 11) is 0. The summed E-state index contributed by atoms with van der Waals surface area (Å²) in [5, 5.41) is 0. The Kier molecular flexibility index (Phi) is 7.60. The van der Waals surface area contributed by atoms with E-state index in [4.69, 9.17) is 2.64 Å². The Hall–Kier alpha value is -0.635. The third kappa shape index (κ3) is 6.52. The van der Waals surface area contributed by atoms with E-state index in [1.165, 1.54) is 10.00 Å². The van der Waals surface area contributed by atoms with Crippen molar-refractivity contribution in [2.75, 3.05) is 0 Å². The molecule has 0 aromatic heterocycles. The van der Waals surface area contributed by atoms with Crippen LogP contribution in [-0.4, -0.2) is 5.97 Å². The van der Waals surface area contributed by atoms with Gasteiger partial charge in [-0.15, -0.1) is 13.2 Å². The number of hydrogen-bond acceptors (Lipinski definition) is 2. The summed E-state index contributed by atoms with van der Waals surface area (Å²) in [6.07, 6.45) is 0. The number of rotatable bonds is 2. The van der Waals surface area contributed by atoms with E-state index >= 15 is 0 Å². The predicted octanol–water partition coefficient (Wildman–Crippen LogP) is 1.67. The van der Waals surface area contributed by atoms with Crippen molar-refractivity contribution in [3.63, 3.8) is 0 Å². The summed E-state index contributed by atoms with van der Waals surface area (Å²) >= 11 is -1.52. The summed E-state index contributed by atoms with van der Waals surface area (Å²) < 4.78 is 6.25. The van der Waals surface area contributed by atoms with Gasteiger partial charge in [-0.1, -0.05) is 0 Å². The van der Waals surface area contributed by atoms with E-state index < -0.39 is 25.0 Å². The summed E-state index contributed by atoms with van der Waals surface area (Å²) in [6, 6.07) is 9.94. The number of carbonyl (C=O) groups excluding carboxylic acids is 1. The van der Waals surface area contributed by atoms with Gasteiger partial charge in [0.05, 0.1) is 0 Å². The van der Waals surface area contributed by atoms with E-state index in [1.54, 1.807) is 0 Å². The van der Waals surface area contributed by atoms with Gasteiger partial charge in [0.1, 0.15) is 0 Å². The van der Waals surface area contributed by atoms with Crippen LogP contribution in [0.5, 0.6) is 0 Å². The first-order chi connectivity index (χ1) is 6.29. The van der Waals surface area contributed by atoms with Gasteiger partial charge in [0.2, 0.25) is 0 Å². The first-order valence-electron chi connectivity index (χ1n) is 3.96. The van der Waals surface area contributed by atoms with Crippen LogP contribution in [0.4, 0.5) is 0 Å². The molecule has 0 heterocycles. The van der Waals surface area contributed by atoms with Crippen LogP contribution in [0.1, 0.15) is 6.92 Å². The molecule has 0 amide bonds.